The third-order valence-electron chi connectivity index (χ3n) is 3.04. The molecular formula is C14H20N4O2S. The molecule has 7 heteroatoms. The molecule has 2 aromatic heterocycles. The van der Waals surface area contributed by atoms with E-state index < -0.39 is 5.69 Å². The highest BCUT2D eigenvalue weighted by Gasteiger charge is 2.17. The van der Waals surface area contributed by atoms with Crippen LogP contribution < -0.4 is 11.2 Å². The van der Waals surface area contributed by atoms with Crippen molar-refractivity contribution in [2.45, 2.75) is 32.5 Å². The second-order valence-corrected chi connectivity index (χ2v) is 6.26. The Labute approximate surface area is 126 Å². The lowest BCUT2D eigenvalue weighted by atomic mass is 10.3. The predicted octanol–water partition coefficient (Wildman–Crippen LogP) is 1.75. The Kier molecular flexibility index (Phi) is 4.72. The second kappa shape index (κ2) is 6.34. The number of allylic oxidation sites excluding steroid dienone is 2. The standard InChI is InChI=1S/C14H20N4O2S/c1-5-6-7-18-10-11(15-14(18)21-8-9(2)3)17(4)13(20)16-12(10)19/h5-6,9H,7-8H2,1-4H3,(H,16,19,20). The lowest BCUT2D eigenvalue weighted by Crippen LogP contribution is -2.29. The van der Waals surface area contributed by atoms with Gasteiger partial charge in [-0.25, -0.2) is 9.78 Å². The van der Waals surface area contributed by atoms with Crippen molar-refractivity contribution in [3.8, 4) is 0 Å². The summed E-state index contributed by atoms with van der Waals surface area (Å²) in [6, 6.07) is 0. The van der Waals surface area contributed by atoms with E-state index in [0.29, 0.717) is 23.6 Å². The Bertz CT molecular complexity index is 783. The van der Waals surface area contributed by atoms with Crippen molar-refractivity contribution >= 4 is 22.9 Å². The zero-order valence-corrected chi connectivity index (χ0v) is 13.5. The van der Waals surface area contributed by atoms with E-state index in [4.69, 9.17) is 0 Å². The summed E-state index contributed by atoms with van der Waals surface area (Å²) in [7, 11) is 1.62. The van der Waals surface area contributed by atoms with Crippen LogP contribution in [-0.4, -0.2) is 24.9 Å². The molecule has 0 saturated carbocycles. The Morgan fingerprint density at radius 2 is 2.10 bits per heavy atom. The van der Waals surface area contributed by atoms with Gasteiger partial charge >= 0.3 is 5.69 Å². The van der Waals surface area contributed by atoms with Crippen LogP contribution in [0.5, 0.6) is 0 Å². The second-order valence-electron chi connectivity index (χ2n) is 5.27. The highest BCUT2D eigenvalue weighted by molar-refractivity contribution is 7.99. The molecule has 0 spiro atoms. The van der Waals surface area contributed by atoms with Gasteiger partial charge in [-0.3, -0.25) is 14.3 Å². The van der Waals surface area contributed by atoms with Crippen molar-refractivity contribution in [1.29, 1.82) is 0 Å². The van der Waals surface area contributed by atoms with E-state index in [1.165, 1.54) is 4.57 Å². The van der Waals surface area contributed by atoms with Gasteiger partial charge in [0.25, 0.3) is 5.56 Å². The third-order valence-corrected chi connectivity index (χ3v) is 4.44. The van der Waals surface area contributed by atoms with Crippen molar-refractivity contribution in [3.05, 3.63) is 33.0 Å². The highest BCUT2D eigenvalue weighted by atomic mass is 32.2. The molecule has 0 saturated heterocycles. The first kappa shape index (κ1) is 15.6. The molecule has 6 nitrogen and oxygen atoms in total. The molecule has 0 radical (unpaired) electrons. The number of hydrogen-bond acceptors (Lipinski definition) is 4. The number of aryl methyl sites for hydroxylation is 1. The molecule has 2 rings (SSSR count). The lowest BCUT2D eigenvalue weighted by Gasteiger charge is -2.07. The summed E-state index contributed by atoms with van der Waals surface area (Å²) in [5.41, 5.74) is 0.0473. The monoisotopic (exact) mass is 308 g/mol. The largest absolute Gasteiger partial charge is 0.329 e. The third kappa shape index (κ3) is 3.12. The summed E-state index contributed by atoms with van der Waals surface area (Å²) in [6.45, 7) is 6.76. The number of imidazole rings is 1. The van der Waals surface area contributed by atoms with E-state index >= 15 is 0 Å². The summed E-state index contributed by atoms with van der Waals surface area (Å²) < 4.78 is 3.24. The van der Waals surface area contributed by atoms with Gasteiger partial charge in [0.15, 0.2) is 16.3 Å². The average Bonchev–Trinajstić information content (AvgIpc) is 2.79. The van der Waals surface area contributed by atoms with Gasteiger partial charge in [0.1, 0.15) is 0 Å². The number of nitrogens with one attached hydrogen (secondary N) is 1. The minimum Gasteiger partial charge on any atom is -0.309 e. The topological polar surface area (TPSA) is 72.7 Å². The van der Waals surface area contributed by atoms with Crippen LogP contribution in [0.2, 0.25) is 0 Å². The van der Waals surface area contributed by atoms with Crippen LogP contribution in [0, 0.1) is 5.92 Å². The quantitative estimate of drug-likeness (QED) is 0.674. The Hall–Kier alpha value is -1.76. The fourth-order valence-electron chi connectivity index (χ4n) is 1.95. The van der Waals surface area contributed by atoms with Crippen LogP contribution in [0.4, 0.5) is 0 Å². The molecule has 1 N–H and O–H groups in total. The number of aromatic amines is 1. The molecule has 2 aromatic rings. The first-order chi connectivity index (χ1) is 9.95. The maximum Gasteiger partial charge on any atom is 0.329 e. The molecule has 0 bridgehead atoms. The van der Waals surface area contributed by atoms with E-state index in [1.807, 2.05) is 23.6 Å². The van der Waals surface area contributed by atoms with Crippen LogP contribution in [-0.2, 0) is 13.6 Å². The van der Waals surface area contributed by atoms with Gasteiger partial charge in [-0.2, -0.15) is 0 Å². The molecule has 0 unspecified atom stereocenters. The van der Waals surface area contributed by atoms with Gasteiger partial charge in [0.05, 0.1) is 0 Å². The van der Waals surface area contributed by atoms with Gasteiger partial charge in [0, 0.05) is 19.3 Å². The van der Waals surface area contributed by atoms with E-state index in [9.17, 15) is 9.59 Å². The lowest BCUT2D eigenvalue weighted by molar-refractivity contribution is 0.724. The van der Waals surface area contributed by atoms with Crippen LogP contribution >= 0.6 is 11.8 Å². The molecular weight excluding hydrogens is 288 g/mol. The predicted molar refractivity (Wildman–Crippen MR) is 86.0 cm³/mol. The van der Waals surface area contributed by atoms with Crippen LogP contribution in [0.3, 0.4) is 0 Å². The van der Waals surface area contributed by atoms with E-state index in [0.717, 1.165) is 10.9 Å². The van der Waals surface area contributed by atoms with Gasteiger partial charge in [-0.15, -0.1) is 0 Å². The fraction of sp³-hybridized carbons (Fsp3) is 0.500. The summed E-state index contributed by atoms with van der Waals surface area (Å²) in [5, 5.41) is 0.767. The molecule has 0 aliphatic heterocycles. The molecule has 0 aliphatic carbocycles. The molecule has 114 valence electrons. The van der Waals surface area contributed by atoms with E-state index in [1.54, 1.807) is 18.8 Å². The number of H-pyrrole nitrogens is 1. The number of hydrogen-bond donors (Lipinski definition) is 1. The van der Waals surface area contributed by atoms with Crippen LogP contribution in [0.1, 0.15) is 20.8 Å². The Balaban J connectivity index is 2.66. The molecule has 0 aliphatic rings. The van der Waals surface area contributed by atoms with Gasteiger partial charge in [-0.1, -0.05) is 37.8 Å². The Morgan fingerprint density at radius 1 is 1.38 bits per heavy atom. The number of rotatable bonds is 5. The highest BCUT2D eigenvalue weighted by Crippen LogP contribution is 2.23. The molecule has 0 amide bonds. The van der Waals surface area contributed by atoms with Gasteiger partial charge < -0.3 is 4.57 Å². The summed E-state index contributed by atoms with van der Waals surface area (Å²) in [5.74, 6) is 1.43. The van der Waals surface area contributed by atoms with Gasteiger partial charge in [-0.05, 0) is 12.8 Å². The first-order valence-corrected chi connectivity index (χ1v) is 7.87. The molecule has 0 atom stereocenters. The number of aromatic nitrogens is 4. The van der Waals surface area contributed by atoms with Crippen molar-refractivity contribution < 1.29 is 0 Å². The minimum absolute atomic E-state index is 0.387. The SMILES string of the molecule is CC=CCn1c(SCC(C)C)nc2c1c(=O)[nH]c(=O)n2C. The van der Waals surface area contributed by atoms with E-state index in [-0.39, 0.29) is 5.56 Å². The smallest absolute Gasteiger partial charge is 0.309 e. The molecule has 0 aromatic carbocycles. The summed E-state index contributed by atoms with van der Waals surface area (Å²) in [4.78, 5) is 30.6. The van der Waals surface area contributed by atoms with Crippen molar-refractivity contribution in [2.75, 3.05) is 5.75 Å². The number of nitrogens with zero attached hydrogens (tertiary/aromatic N) is 3. The molecule has 21 heavy (non-hydrogen) atoms. The first-order valence-electron chi connectivity index (χ1n) is 6.89. The average molecular weight is 308 g/mol. The maximum absolute atomic E-state index is 12.1. The van der Waals surface area contributed by atoms with Crippen molar-refractivity contribution in [2.24, 2.45) is 13.0 Å². The van der Waals surface area contributed by atoms with Crippen LogP contribution in [0.15, 0.2) is 26.9 Å². The van der Waals surface area contributed by atoms with Crippen LogP contribution in [0.25, 0.3) is 11.2 Å². The summed E-state index contributed by atoms with van der Waals surface area (Å²) >= 11 is 1.60. The molecule has 0 fully saturated rings. The normalized spacial score (nSPS) is 12.0. The Morgan fingerprint density at radius 3 is 2.71 bits per heavy atom. The molecule has 2 heterocycles. The van der Waals surface area contributed by atoms with Crippen molar-refractivity contribution in [1.82, 2.24) is 19.1 Å². The van der Waals surface area contributed by atoms with Crippen molar-refractivity contribution in [3.63, 3.8) is 0 Å². The maximum atomic E-state index is 12.1. The number of fused-ring (bicyclic) bond motifs is 1. The van der Waals surface area contributed by atoms with E-state index in [2.05, 4.69) is 23.8 Å². The zero-order valence-electron chi connectivity index (χ0n) is 12.7. The zero-order chi connectivity index (χ0) is 15.6. The number of thioether (sulfide) groups is 1. The fourth-order valence-corrected chi connectivity index (χ4v) is 2.90. The minimum atomic E-state index is -0.441. The van der Waals surface area contributed by atoms with Gasteiger partial charge in [0.2, 0.25) is 0 Å². The summed E-state index contributed by atoms with van der Waals surface area (Å²) in [6.07, 6.45) is 3.89.